The van der Waals surface area contributed by atoms with Gasteiger partial charge in [0.1, 0.15) is 11.6 Å². The zero-order valence-corrected chi connectivity index (χ0v) is 16.1. The third-order valence-corrected chi connectivity index (χ3v) is 6.07. The second kappa shape index (κ2) is 8.10. The summed E-state index contributed by atoms with van der Waals surface area (Å²) in [4.78, 5) is 6.08. The Bertz CT molecular complexity index is 833. The maximum Gasteiger partial charge on any atom is 0.220 e. The highest BCUT2D eigenvalue weighted by Gasteiger charge is 2.40. The lowest BCUT2D eigenvalue weighted by molar-refractivity contribution is 0.0716. The zero-order chi connectivity index (χ0) is 19.4. The molecule has 3 rings (SSSR count). The number of halogens is 1. The number of phenolic OH excluding ortho intramolecular Hbond substituents is 1. The summed E-state index contributed by atoms with van der Waals surface area (Å²) >= 11 is 0. The Morgan fingerprint density at radius 3 is 2.52 bits per heavy atom. The Balaban J connectivity index is 1.67. The number of hydrogen-bond acceptors (Lipinski definition) is 2. The molecule has 1 aliphatic rings. The van der Waals surface area contributed by atoms with Gasteiger partial charge in [0.15, 0.2) is 0 Å². The fourth-order valence-corrected chi connectivity index (χ4v) is 4.07. The minimum absolute atomic E-state index is 0.141. The topological polar surface area (TPSA) is 27.8 Å². The van der Waals surface area contributed by atoms with Gasteiger partial charge < -0.3 is 9.95 Å². The molecule has 0 bridgehead atoms. The summed E-state index contributed by atoms with van der Waals surface area (Å²) in [6.07, 6.45) is 2.08. The lowest BCUT2D eigenvalue weighted by Gasteiger charge is -2.41. The molecule has 0 amide bonds. The molecule has 0 saturated carbocycles. The van der Waals surface area contributed by atoms with Crippen LogP contribution in [0.25, 0.3) is 16.0 Å². The van der Waals surface area contributed by atoms with E-state index in [1.165, 1.54) is 12.1 Å². The molecule has 27 heavy (non-hydrogen) atoms. The number of likely N-dealkylation sites (tertiary alicyclic amines) is 1. The van der Waals surface area contributed by atoms with Crippen LogP contribution in [0, 0.1) is 23.7 Å². The molecule has 2 aromatic rings. The highest BCUT2D eigenvalue weighted by molar-refractivity contribution is 5.70. The molecule has 1 saturated heterocycles. The van der Waals surface area contributed by atoms with Crippen LogP contribution in [0.15, 0.2) is 42.5 Å². The van der Waals surface area contributed by atoms with E-state index >= 15 is 0 Å². The van der Waals surface area contributed by atoms with Crippen molar-refractivity contribution in [2.75, 3.05) is 19.6 Å². The molecule has 1 N–H and O–H groups in total. The molecule has 0 aromatic heterocycles. The molecule has 4 heteroatoms. The molecule has 2 aromatic carbocycles. The number of phenols is 1. The van der Waals surface area contributed by atoms with Crippen LogP contribution in [0.5, 0.6) is 5.75 Å². The average Bonchev–Trinajstić information content (AvgIpc) is 2.63. The van der Waals surface area contributed by atoms with Crippen molar-refractivity contribution in [1.82, 2.24) is 4.90 Å². The molecule has 0 unspecified atom stereocenters. The van der Waals surface area contributed by atoms with Crippen LogP contribution in [0.1, 0.15) is 32.3 Å². The van der Waals surface area contributed by atoms with Crippen molar-refractivity contribution >= 4 is 0 Å². The molecule has 142 valence electrons. The molecule has 1 fully saturated rings. The SMILES string of the molecule is [C-]#[N+]CC1(C(C)C)CCN(Cc2ccc(-c3cccc(F)c3)c(O)c2)CC1. The number of aromatic hydroxyl groups is 1. The zero-order valence-electron chi connectivity index (χ0n) is 16.1. The standard InChI is InChI=1S/C23H27FN2O/c1-17(2)23(16-25-3)9-11-26(12-10-23)15-18-7-8-21(22(27)13-18)19-5-4-6-20(24)14-19/h4-8,13-14,17,27H,9-12,15-16H2,1-2H3. The number of piperidine rings is 1. The van der Waals surface area contributed by atoms with Gasteiger partial charge in [-0.2, -0.15) is 0 Å². The maximum atomic E-state index is 13.4. The first-order valence-electron chi connectivity index (χ1n) is 9.57. The van der Waals surface area contributed by atoms with Crippen molar-refractivity contribution in [1.29, 1.82) is 0 Å². The summed E-state index contributed by atoms with van der Waals surface area (Å²) in [6, 6.07) is 11.9. The maximum absolute atomic E-state index is 13.4. The summed E-state index contributed by atoms with van der Waals surface area (Å²) in [6.45, 7) is 15.1. The van der Waals surface area contributed by atoms with Crippen molar-refractivity contribution in [3.63, 3.8) is 0 Å². The minimum atomic E-state index is -0.308. The normalized spacial score (nSPS) is 17.0. The summed E-state index contributed by atoms with van der Waals surface area (Å²) in [7, 11) is 0. The number of benzene rings is 2. The molecule has 0 radical (unpaired) electrons. The van der Waals surface area contributed by atoms with Crippen molar-refractivity contribution in [2.24, 2.45) is 11.3 Å². The second-order valence-corrected chi connectivity index (χ2v) is 7.97. The summed E-state index contributed by atoms with van der Waals surface area (Å²) in [5, 5.41) is 10.4. The Labute approximate surface area is 161 Å². The Morgan fingerprint density at radius 2 is 1.93 bits per heavy atom. The van der Waals surface area contributed by atoms with Crippen LogP contribution < -0.4 is 0 Å². The van der Waals surface area contributed by atoms with Gasteiger partial charge in [-0.05, 0) is 61.2 Å². The predicted molar refractivity (Wildman–Crippen MR) is 107 cm³/mol. The van der Waals surface area contributed by atoms with Crippen LogP contribution in [0.3, 0.4) is 0 Å². The van der Waals surface area contributed by atoms with Gasteiger partial charge in [-0.3, -0.25) is 4.90 Å². The molecule has 1 heterocycles. The second-order valence-electron chi connectivity index (χ2n) is 7.97. The predicted octanol–water partition coefficient (Wildman–Crippen LogP) is 5.36. The molecule has 0 aliphatic carbocycles. The highest BCUT2D eigenvalue weighted by atomic mass is 19.1. The summed E-state index contributed by atoms with van der Waals surface area (Å²) < 4.78 is 13.4. The van der Waals surface area contributed by atoms with Crippen molar-refractivity contribution in [3.8, 4) is 16.9 Å². The third kappa shape index (κ3) is 4.31. The molecule has 0 spiro atoms. The third-order valence-electron chi connectivity index (χ3n) is 6.07. The van der Waals surface area contributed by atoms with E-state index in [1.54, 1.807) is 18.2 Å². The van der Waals surface area contributed by atoms with E-state index in [0.29, 0.717) is 23.6 Å². The molecule has 0 atom stereocenters. The van der Waals surface area contributed by atoms with Gasteiger partial charge in [0.25, 0.3) is 0 Å². The lowest BCUT2D eigenvalue weighted by atomic mass is 9.70. The van der Waals surface area contributed by atoms with Gasteiger partial charge in [0, 0.05) is 17.5 Å². The number of nitrogens with zero attached hydrogens (tertiary/aromatic N) is 2. The van der Waals surface area contributed by atoms with Gasteiger partial charge >= 0.3 is 0 Å². The quantitative estimate of drug-likeness (QED) is 0.722. The van der Waals surface area contributed by atoms with Crippen LogP contribution in [-0.4, -0.2) is 29.6 Å². The molecule has 3 nitrogen and oxygen atoms in total. The van der Waals surface area contributed by atoms with Gasteiger partial charge in [-0.25, -0.2) is 11.0 Å². The smallest absolute Gasteiger partial charge is 0.220 e. The van der Waals surface area contributed by atoms with E-state index in [-0.39, 0.29) is 17.0 Å². The van der Waals surface area contributed by atoms with E-state index in [2.05, 4.69) is 23.6 Å². The minimum Gasteiger partial charge on any atom is -0.507 e. The largest absolute Gasteiger partial charge is 0.507 e. The van der Waals surface area contributed by atoms with Crippen LogP contribution in [-0.2, 0) is 6.54 Å². The number of rotatable bonds is 5. The van der Waals surface area contributed by atoms with Crippen molar-refractivity contribution < 1.29 is 9.50 Å². The van der Waals surface area contributed by atoms with Gasteiger partial charge in [0.2, 0.25) is 6.54 Å². The lowest BCUT2D eigenvalue weighted by Crippen LogP contribution is -2.43. The van der Waals surface area contributed by atoms with Crippen LogP contribution in [0.4, 0.5) is 4.39 Å². The highest BCUT2D eigenvalue weighted by Crippen LogP contribution is 2.39. The summed E-state index contributed by atoms with van der Waals surface area (Å²) in [5.41, 5.74) is 2.52. The monoisotopic (exact) mass is 366 g/mol. The molecule has 1 aliphatic heterocycles. The first kappa shape index (κ1) is 19.4. The van der Waals surface area contributed by atoms with Crippen LogP contribution in [0.2, 0.25) is 0 Å². The Kier molecular flexibility index (Phi) is 5.82. The fraction of sp³-hybridized carbons (Fsp3) is 0.435. The van der Waals surface area contributed by atoms with Crippen LogP contribution >= 0.6 is 0 Å². The Morgan fingerprint density at radius 1 is 1.19 bits per heavy atom. The number of hydrogen-bond donors (Lipinski definition) is 1. The fourth-order valence-electron chi connectivity index (χ4n) is 4.07. The van der Waals surface area contributed by atoms with Gasteiger partial charge in [-0.15, -0.1) is 0 Å². The van der Waals surface area contributed by atoms with E-state index in [4.69, 9.17) is 6.57 Å². The first-order valence-corrected chi connectivity index (χ1v) is 9.57. The van der Waals surface area contributed by atoms with Crippen molar-refractivity contribution in [2.45, 2.75) is 33.2 Å². The van der Waals surface area contributed by atoms with E-state index in [9.17, 15) is 9.50 Å². The molecular weight excluding hydrogens is 339 g/mol. The van der Waals surface area contributed by atoms with E-state index < -0.39 is 0 Å². The van der Waals surface area contributed by atoms with Crippen molar-refractivity contribution in [3.05, 3.63) is 65.3 Å². The molecular formula is C23H27FN2O. The first-order chi connectivity index (χ1) is 12.9. The van der Waals surface area contributed by atoms with E-state index in [1.807, 2.05) is 12.1 Å². The van der Waals surface area contributed by atoms with Gasteiger partial charge in [-0.1, -0.05) is 38.1 Å². The Hall–Kier alpha value is -2.38. The average molecular weight is 366 g/mol. The van der Waals surface area contributed by atoms with E-state index in [0.717, 1.165) is 38.0 Å². The summed E-state index contributed by atoms with van der Waals surface area (Å²) in [5.74, 6) is 0.389. The van der Waals surface area contributed by atoms with Gasteiger partial charge in [0.05, 0.1) is 0 Å².